The quantitative estimate of drug-likeness (QED) is 0.0461. The third kappa shape index (κ3) is 9.63. The number of aliphatic imine (C=N–C) groups is 1. The molecule has 12 heteroatoms. The van der Waals surface area contributed by atoms with E-state index < -0.39 is 22.8 Å². The SMILES string of the molecule is C=C/C=C\C(=C/C)N1C(=O)/C(=C/c2ccc(OCc3cccc([N+](=O)[O-])c3)c(OC)c2)C(=O)N=C1SCC(=O)NC(c1ccccc1)c1ccccc1. The van der Waals surface area contributed by atoms with E-state index in [4.69, 9.17) is 9.47 Å². The highest BCUT2D eigenvalue weighted by atomic mass is 32.2. The third-order valence-corrected chi connectivity index (χ3v) is 8.87. The summed E-state index contributed by atoms with van der Waals surface area (Å²) < 4.78 is 11.4. The Morgan fingerprint density at radius 3 is 2.30 bits per heavy atom. The number of non-ortho nitro benzene ring substituents is 1. The Hall–Kier alpha value is -6.53. The number of rotatable bonds is 14. The molecule has 11 nitrogen and oxygen atoms in total. The van der Waals surface area contributed by atoms with Crippen molar-refractivity contribution < 1.29 is 28.8 Å². The van der Waals surface area contributed by atoms with Crippen molar-refractivity contribution >= 4 is 46.4 Å². The zero-order chi connectivity index (χ0) is 37.7. The Kier molecular flexibility index (Phi) is 12.9. The van der Waals surface area contributed by atoms with E-state index in [2.05, 4.69) is 16.9 Å². The van der Waals surface area contributed by atoms with Crippen LogP contribution in [0.1, 0.15) is 35.2 Å². The van der Waals surface area contributed by atoms with E-state index in [-0.39, 0.29) is 34.7 Å². The van der Waals surface area contributed by atoms with Gasteiger partial charge in [-0.05, 0) is 53.5 Å². The molecule has 0 unspecified atom stereocenters. The van der Waals surface area contributed by atoms with Gasteiger partial charge in [0.25, 0.3) is 17.5 Å². The third-order valence-electron chi connectivity index (χ3n) is 7.93. The fourth-order valence-electron chi connectivity index (χ4n) is 5.37. The molecule has 1 aliphatic heterocycles. The molecule has 4 aromatic carbocycles. The molecule has 5 rings (SSSR count). The van der Waals surface area contributed by atoms with Crippen molar-refractivity contribution in [1.82, 2.24) is 10.2 Å². The molecule has 1 heterocycles. The number of thioether (sulfide) groups is 1. The molecule has 3 amide bonds. The molecule has 1 aliphatic rings. The van der Waals surface area contributed by atoms with Gasteiger partial charge in [0.05, 0.1) is 23.8 Å². The minimum atomic E-state index is -0.770. The van der Waals surface area contributed by atoms with Crippen LogP contribution in [0, 0.1) is 10.1 Å². The van der Waals surface area contributed by atoms with Crippen molar-refractivity contribution in [2.75, 3.05) is 12.9 Å². The Labute approximate surface area is 311 Å². The van der Waals surface area contributed by atoms with Crippen LogP contribution in [0.15, 0.2) is 150 Å². The van der Waals surface area contributed by atoms with E-state index in [0.717, 1.165) is 22.9 Å². The summed E-state index contributed by atoms with van der Waals surface area (Å²) in [6.07, 6.45) is 7.97. The number of nitro benzene ring substituents is 1. The maximum absolute atomic E-state index is 14.1. The number of nitrogens with one attached hydrogen (secondary N) is 1. The lowest BCUT2D eigenvalue weighted by atomic mass is 9.99. The van der Waals surface area contributed by atoms with Crippen LogP contribution in [0.2, 0.25) is 0 Å². The summed E-state index contributed by atoms with van der Waals surface area (Å²) in [6, 6.07) is 29.7. The number of nitro groups is 1. The van der Waals surface area contributed by atoms with Crippen molar-refractivity contribution in [1.29, 1.82) is 0 Å². The predicted molar refractivity (Wildman–Crippen MR) is 206 cm³/mol. The Morgan fingerprint density at radius 1 is 0.981 bits per heavy atom. The molecule has 0 aliphatic carbocycles. The van der Waals surface area contributed by atoms with Gasteiger partial charge in [0.1, 0.15) is 12.2 Å². The van der Waals surface area contributed by atoms with Crippen LogP contribution in [-0.2, 0) is 21.0 Å². The second kappa shape index (κ2) is 18.1. The summed E-state index contributed by atoms with van der Waals surface area (Å²) in [6.45, 7) is 5.50. The van der Waals surface area contributed by atoms with Gasteiger partial charge in [-0.2, -0.15) is 4.99 Å². The normalized spacial score (nSPS) is 14.0. The topological polar surface area (TPSA) is 140 Å². The van der Waals surface area contributed by atoms with Crippen LogP contribution in [0.5, 0.6) is 11.5 Å². The smallest absolute Gasteiger partial charge is 0.285 e. The average molecular weight is 729 g/mol. The first kappa shape index (κ1) is 37.7. The molecule has 53 heavy (non-hydrogen) atoms. The van der Waals surface area contributed by atoms with E-state index in [9.17, 15) is 24.5 Å². The number of carbonyl (C=O) groups excluding carboxylic acids is 3. The number of hydrogen-bond acceptors (Lipinski definition) is 8. The average Bonchev–Trinajstić information content (AvgIpc) is 3.18. The van der Waals surface area contributed by atoms with Crippen LogP contribution in [0.4, 0.5) is 5.69 Å². The van der Waals surface area contributed by atoms with Crippen molar-refractivity contribution in [3.8, 4) is 11.5 Å². The number of carbonyl (C=O) groups is 3. The van der Waals surface area contributed by atoms with Gasteiger partial charge < -0.3 is 14.8 Å². The van der Waals surface area contributed by atoms with Crippen LogP contribution in [-0.4, -0.2) is 45.6 Å². The number of amidine groups is 1. The lowest BCUT2D eigenvalue weighted by Crippen LogP contribution is -2.42. The molecular formula is C41H36N4O7S. The van der Waals surface area contributed by atoms with Crippen molar-refractivity contribution in [2.24, 2.45) is 4.99 Å². The highest BCUT2D eigenvalue weighted by molar-refractivity contribution is 8.14. The summed E-state index contributed by atoms with van der Waals surface area (Å²) in [4.78, 5) is 57.2. The van der Waals surface area contributed by atoms with Crippen LogP contribution in [0.25, 0.3) is 6.08 Å². The van der Waals surface area contributed by atoms with Gasteiger partial charge in [-0.15, -0.1) is 0 Å². The standard InChI is InChI=1S/C41H36N4O7S/c1-4-6-19-32(5-2)44-40(48)34(24-28-21-22-35(36(25-28)51-3)52-26-29-14-13-20-33(23-29)45(49)50)39(47)43-41(44)53-27-37(46)42-38(30-15-9-7-10-16-30)31-17-11-8-12-18-31/h4-25,38H,1,26-27H2,2-3H3,(H,42,46)/b19-6-,32-5+,34-24+. The van der Waals surface area contributed by atoms with E-state index in [1.165, 1.54) is 30.2 Å². The van der Waals surface area contributed by atoms with Crippen LogP contribution >= 0.6 is 11.8 Å². The summed E-state index contributed by atoms with van der Waals surface area (Å²) in [5.74, 6) is -1.18. The summed E-state index contributed by atoms with van der Waals surface area (Å²) >= 11 is 0.974. The zero-order valence-corrected chi connectivity index (χ0v) is 29.8. The molecular weight excluding hydrogens is 693 g/mol. The summed E-state index contributed by atoms with van der Waals surface area (Å²) in [5.41, 5.74) is 3.02. The number of amides is 3. The molecule has 268 valence electrons. The number of benzene rings is 4. The van der Waals surface area contributed by atoms with E-state index in [0.29, 0.717) is 28.3 Å². The first-order chi connectivity index (χ1) is 25.7. The van der Waals surface area contributed by atoms with Crippen LogP contribution < -0.4 is 14.8 Å². The fraction of sp³-hybridized carbons (Fsp3) is 0.122. The summed E-state index contributed by atoms with van der Waals surface area (Å²) in [7, 11) is 1.45. The van der Waals surface area contributed by atoms with Crippen LogP contribution in [0.3, 0.4) is 0 Å². The zero-order valence-electron chi connectivity index (χ0n) is 29.0. The molecule has 1 N–H and O–H groups in total. The fourth-order valence-corrected chi connectivity index (χ4v) is 6.18. The molecule has 0 bridgehead atoms. The van der Waals surface area contributed by atoms with E-state index >= 15 is 0 Å². The number of methoxy groups -OCH3 is 1. The van der Waals surface area contributed by atoms with Crippen molar-refractivity contribution in [2.45, 2.75) is 19.6 Å². The number of nitrogens with zero attached hydrogens (tertiary/aromatic N) is 3. The van der Waals surface area contributed by atoms with Crippen molar-refractivity contribution in [3.63, 3.8) is 0 Å². The molecule has 0 aromatic heterocycles. The van der Waals surface area contributed by atoms with Gasteiger partial charge in [0.15, 0.2) is 16.7 Å². The number of ether oxygens (including phenoxy) is 2. The molecule has 4 aromatic rings. The molecule has 0 fully saturated rings. The van der Waals surface area contributed by atoms with Crippen molar-refractivity contribution in [3.05, 3.63) is 178 Å². The summed E-state index contributed by atoms with van der Waals surface area (Å²) in [5, 5.41) is 14.3. The number of hydrogen-bond donors (Lipinski definition) is 1. The minimum Gasteiger partial charge on any atom is -0.493 e. The largest absolute Gasteiger partial charge is 0.493 e. The lowest BCUT2D eigenvalue weighted by molar-refractivity contribution is -0.384. The highest BCUT2D eigenvalue weighted by Crippen LogP contribution is 2.32. The maximum atomic E-state index is 14.1. The maximum Gasteiger partial charge on any atom is 0.285 e. The molecule has 0 atom stereocenters. The lowest BCUT2D eigenvalue weighted by Gasteiger charge is -2.28. The van der Waals surface area contributed by atoms with Gasteiger partial charge >= 0.3 is 0 Å². The highest BCUT2D eigenvalue weighted by Gasteiger charge is 2.35. The Morgan fingerprint density at radius 2 is 1.68 bits per heavy atom. The number of allylic oxidation sites excluding steroid dienone is 4. The molecule has 0 spiro atoms. The molecule has 0 saturated carbocycles. The Bertz CT molecular complexity index is 2090. The molecule has 0 saturated heterocycles. The van der Waals surface area contributed by atoms with E-state index in [1.54, 1.807) is 61.6 Å². The molecule has 0 radical (unpaired) electrons. The van der Waals surface area contributed by atoms with Gasteiger partial charge in [0, 0.05) is 17.8 Å². The van der Waals surface area contributed by atoms with Gasteiger partial charge in [-0.25, -0.2) is 0 Å². The van der Waals surface area contributed by atoms with Gasteiger partial charge in [0.2, 0.25) is 5.91 Å². The monoisotopic (exact) mass is 728 g/mol. The second-order valence-corrected chi connectivity index (χ2v) is 12.4. The Balaban J connectivity index is 1.38. The van der Waals surface area contributed by atoms with E-state index in [1.807, 2.05) is 60.7 Å². The van der Waals surface area contributed by atoms with Gasteiger partial charge in [-0.3, -0.25) is 29.4 Å². The predicted octanol–water partition coefficient (Wildman–Crippen LogP) is 7.58. The van der Waals surface area contributed by atoms with Gasteiger partial charge in [-0.1, -0.05) is 115 Å². The first-order valence-corrected chi connectivity index (χ1v) is 17.4. The first-order valence-electron chi connectivity index (χ1n) is 16.4. The second-order valence-electron chi connectivity index (χ2n) is 11.4. The minimum absolute atomic E-state index is 0.0428.